The lowest BCUT2D eigenvalue weighted by Gasteiger charge is -2.23. The molecule has 0 amide bonds. The number of benzene rings is 3. The molecular formula is C25H21NO5S2. The largest absolute Gasteiger partial charge is 0.506 e. The second-order valence-corrected chi connectivity index (χ2v) is 9.98. The topological polar surface area (TPSA) is 87.8 Å². The Kier molecular flexibility index (Phi) is 6.86. The summed E-state index contributed by atoms with van der Waals surface area (Å²) in [7, 11) is -4.12. The van der Waals surface area contributed by atoms with Gasteiger partial charge in [-0.3, -0.25) is 0 Å². The predicted octanol–water partition coefficient (Wildman–Crippen LogP) is 5.21. The molecule has 1 heterocycles. The van der Waals surface area contributed by atoms with Gasteiger partial charge in [0.2, 0.25) is 5.88 Å². The van der Waals surface area contributed by atoms with E-state index in [-0.39, 0.29) is 27.1 Å². The highest BCUT2D eigenvalue weighted by Crippen LogP contribution is 2.36. The number of rotatable bonds is 8. The van der Waals surface area contributed by atoms with Gasteiger partial charge in [-0.1, -0.05) is 66.7 Å². The summed E-state index contributed by atoms with van der Waals surface area (Å²) < 4.78 is 33.2. The second-order valence-electron chi connectivity index (χ2n) is 7.09. The van der Waals surface area contributed by atoms with Crippen LogP contribution in [0.2, 0.25) is 0 Å². The average Bonchev–Trinajstić information content (AvgIpc) is 2.83. The maximum absolute atomic E-state index is 13.4. The molecule has 1 aromatic heterocycles. The van der Waals surface area contributed by atoms with Gasteiger partial charge in [-0.05, 0) is 36.2 Å². The number of aryl methyl sites for hydroxylation is 1. The van der Waals surface area contributed by atoms with Crippen LogP contribution in [-0.4, -0.2) is 19.3 Å². The lowest BCUT2D eigenvalue weighted by Crippen LogP contribution is -2.27. The Morgan fingerprint density at radius 3 is 2.03 bits per heavy atom. The first kappa shape index (κ1) is 22.7. The average molecular weight is 480 g/mol. The molecular weight excluding hydrogens is 458 g/mol. The summed E-state index contributed by atoms with van der Waals surface area (Å²) in [6.07, 6.45) is 0.699. The van der Waals surface area contributed by atoms with Crippen molar-refractivity contribution in [1.82, 2.24) is 0 Å². The van der Waals surface area contributed by atoms with E-state index in [0.29, 0.717) is 12.2 Å². The van der Waals surface area contributed by atoms with E-state index in [9.17, 15) is 18.3 Å². The van der Waals surface area contributed by atoms with Crippen LogP contribution in [0.15, 0.2) is 116 Å². The number of thioether (sulfide) groups is 1. The van der Waals surface area contributed by atoms with E-state index >= 15 is 0 Å². The molecule has 4 rings (SSSR count). The fourth-order valence-corrected chi connectivity index (χ4v) is 5.60. The summed E-state index contributed by atoms with van der Waals surface area (Å²) in [5, 5.41) is 10.6. The first-order valence-electron chi connectivity index (χ1n) is 10.2. The number of para-hydroxylation sites is 1. The van der Waals surface area contributed by atoms with Gasteiger partial charge in [-0.2, -0.15) is 0 Å². The Labute approximate surface area is 196 Å². The summed E-state index contributed by atoms with van der Waals surface area (Å²) in [5.41, 5.74) is 0.579. The Morgan fingerprint density at radius 1 is 0.848 bits per heavy atom. The van der Waals surface area contributed by atoms with Crippen molar-refractivity contribution in [3.05, 3.63) is 113 Å². The van der Waals surface area contributed by atoms with Gasteiger partial charge in [-0.15, -0.1) is 11.8 Å². The van der Waals surface area contributed by atoms with Crippen LogP contribution in [0.5, 0.6) is 5.75 Å². The SMILES string of the molecule is O=c1oc(N(c2ccccc2)S(=O)(=O)c2ccccc2)cc(O)c1SCCc1ccccc1. The third-order valence-corrected chi connectivity index (χ3v) is 7.64. The molecule has 0 aliphatic heterocycles. The molecule has 0 fully saturated rings. The van der Waals surface area contributed by atoms with Gasteiger partial charge in [-0.25, -0.2) is 17.5 Å². The second kappa shape index (κ2) is 9.97. The maximum Gasteiger partial charge on any atom is 0.355 e. The van der Waals surface area contributed by atoms with E-state index in [4.69, 9.17) is 4.42 Å². The first-order chi connectivity index (χ1) is 16.0. The van der Waals surface area contributed by atoms with Gasteiger partial charge in [0.1, 0.15) is 10.6 Å². The van der Waals surface area contributed by atoms with Gasteiger partial charge < -0.3 is 9.52 Å². The molecule has 0 spiro atoms. The fraction of sp³-hybridized carbons (Fsp3) is 0.0800. The monoisotopic (exact) mass is 479 g/mol. The minimum atomic E-state index is -4.12. The van der Waals surface area contributed by atoms with Gasteiger partial charge >= 0.3 is 5.63 Å². The molecule has 0 saturated carbocycles. The van der Waals surface area contributed by atoms with Crippen LogP contribution < -0.4 is 9.93 Å². The number of sulfonamides is 1. The van der Waals surface area contributed by atoms with E-state index in [2.05, 4.69) is 0 Å². The van der Waals surface area contributed by atoms with Crippen molar-refractivity contribution in [2.45, 2.75) is 16.2 Å². The molecule has 0 bridgehead atoms. The molecule has 6 nitrogen and oxygen atoms in total. The van der Waals surface area contributed by atoms with Crippen LogP contribution in [-0.2, 0) is 16.4 Å². The first-order valence-corrected chi connectivity index (χ1v) is 12.6. The summed E-state index contributed by atoms with van der Waals surface area (Å²) in [5.74, 6) is -0.0738. The van der Waals surface area contributed by atoms with Gasteiger partial charge in [0.05, 0.1) is 10.6 Å². The Morgan fingerprint density at radius 2 is 1.42 bits per heavy atom. The Hall–Kier alpha value is -3.49. The quantitative estimate of drug-likeness (QED) is 0.349. The van der Waals surface area contributed by atoms with E-state index in [1.54, 1.807) is 48.5 Å². The minimum absolute atomic E-state index is 0.0253. The minimum Gasteiger partial charge on any atom is -0.506 e. The van der Waals surface area contributed by atoms with Crippen LogP contribution in [0.25, 0.3) is 0 Å². The molecule has 1 N–H and O–H groups in total. The molecule has 8 heteroatoms. The van der Waals surface area contributed by atoms with Gasteiger partial charge in [0.25, 0.3) is 10.0 Å². The molecule has 33 heavy (non-hydrogen) atoms. The predicted molar refractivity (Wildman–Crippen MR) is 130 cm³/mol. The highest BCUT2D eigenvalue weighted by Gasteiger charge is 2.30. The van der Waals surface area contributed by atoms with Crippen LogP contribution in [0, 0.1) is 0 Å². The van der Waals surface area contributed by atoms with Crippen molar-refractivity contribution in [3.8, 4) is 5.75 Å². The summed E-state index contributed by atoms with van der Waals surface area (Å²) in [6.45, 7) is 0. The van der Waals surface area contributed by atoms with Gasteiger partial charge in [0.15, 0.2) is 0 Å². The number of nitrogens with zero attached hydrogens (tertiary/aromatic N) is 1. The Bertz CT molecular complexity index is 1370. The third-order valence-electron chi connectivity index (χ3n) is 4.83. The Balaban J connectivity index is 1.69. The number of hydrogen-bond donors (Lipinski definition) is 1. The highest BCUT2D eigenvalue weighted by molar-refractivity contribution is 7.99. The van der Waals surface area contributed by atoms with Crippen molar-refractivity contribution in [2.24, 2.45) is 0 Å². The molecule has 0 atom stereocenters. The van der Waals surface area contributed by atoms with Crippen molar-refractivity contribution in [2.75, 3.05) is 10.1 Å². The summed E-state index contributed by atoms with van der Waals surface area (Å²) >= 11 is 1.16. The number of hydrogen-bond acceptors (Lipinski definition) is 6. The van der Waals surface area contributed by atoms with Crippen LogP contribution in [0.3, 0.4) is 0 Å². The highest BCUT2D eigenvalue weighted by atomic mass is 32.2. The van der Waals surface area contributed by atoms with Crippen molar-refractivity contribution in [3.63, 3.8) is 0 Å². The van der Waals surface area contributed by atoms with Crippen molar-refractivity contribution < 1.29 is 17.9 Å². The lowest BCUT2D eigenvalue weighted by atomic mass is 10.2. The molecule has 0 unspecified atom stereocenters. The molecule has 0 aliphatic carbocycles. The maximum atomic E-state index is 13.4. The van der Waals surface area contributed by atoms with Crippen LogP contribution in [0.1, 0.15) is 5.56 Å². The zero-order chi connectivity index (χ0) is 23.3. The standard InChI is InChI=1S/C25H21NO5S2/c27-22-18-23(31-25(28)24(22)32-17-16-19-10-4-1-5-11-19)26(20-12-6-2-7-13-20)33(29,30)21-14-8-3-9-15-21/h1-15,18,27H,16-17H2. The number of aromatic hydroxyl groups is 1. The fourth-order valence-electron chi connectivity index (χ4n) is 3.25. The molecule has 4 aromatic rings. The molecule has 0 saturated heterocycles. The normalized spacial score (nSPS) is 11.3. The zero-order valence-corrected chi connectivity index (χ0v) is 19.1. The third kappa shape index (κ3) is 5.13. The molecule has 0 aliphatic rings. The van der Waals surface area contributed by atoms with E-state index in [1.165, 1.54) is 18.2 Å². The van der Waals surface area contributed by atoms with E-state index < -0.39 is 15.6 Å². The molecule has 168 valence electrons. The summed E-state index contributed by atoms with van der Waals surface area (Å²) in [4.78, 5) is 12.8. The molecule has 0 radical (unpaired) electrons. The van der Waals surface area contributed by atoms with E-state index in [1.807, 2.05) is 30.3 Å². The van der Waals surface area contributed by atoms with E-state index in [0.717, 1.165) is 21.6 Å². The van der Waals surface area contributed by atoms with Crippen LogP contribution in [0.4, 0.5) is 11.6 Å². The zero-order valence-electron chi connectivity index (χ0n) is 17.5. The van der Waals surface area contributed by atoms with Crippen molar-refractivity contribution in [1.29, 1.82) is 0 Å². The lowest BCUT2D eigenvalue weighted by molar-refractivity contribution is 0.429. The van der Waals surface area contributed by atoms with Crippen LogP contribution >= 0.6 is 11.8 Å². The summed E-state index contributed by atoms with van der Waals surface area (Å²) in [6, 6.07) is 27.0. The number of anilines is 2. The van der Waals surface area contributed by atoms with Gasteiger partial charge in [0, 0.05) is 11.8 Å². The molecule has 3 aromatic carbocycles. The van der Waals surface area contributed by atoms with Crippen molar-refractivity contribution >= 4 is 33.4 Å². The smallest absolute Gasteiger partial charge is 0.355 e.